The molecule has 0 spiro atoms. The Morgan fingerprint density at radius 1 is 1.09 bits per heavy atom. The second kappa shape index (κ2) is 7.33. The maximum Gasteiger partial charge on any atom is 0.237 e. The first-order valence-corrected chi connectivity index (χ1v) is 8.11. The number of aryl methyl sites for hydroxylation is 2. The van der Waals surface area contributed by atoms with Crippen molar-refractivity contribution in [3.63, 3.8) is 0 Å². The summed E-state index contributed by atoms with van der Waals surface area (Å²) >= 11 is 1.46. The lowest BCUT2D eigenvalue weighted by molar-refractivity contribution is -0.255. The zero-order chi connectivity index (χ0) is 17.0. The van der Waals surface area contributed by atoms with E-state index in [0.717, 1.165) is 10.5 Å². The van der Waals surface area contributed by atoms with Gasteiger partial charge in [-0.15, -0.1) is 11.8 Å². The van der Waals surface area contributed by atoms with E-state index in [9.17, 15) is 14.7 Å². The highest BCUT2D eigenvalue weighted by Gasteiger charge is 2.15. The van der Waals surface area contributed by atoms with E-state index >= 15 is 0 Å². The molecule has 2 aromatic rings. The molecule has 0 radical (unpaired) electrons. The van der Waals surface area contributed by atoms with Gasteiger partial charge in [-0.25, -0.2) is 0 Å². The summed E-state index contributed by atoms with van der Waals surface area (Å²) < 4.78 is 0. The molecule has 0 aliphatic heterocycles. The summed E-state index contributed by atoms with van der Waals surface area (Å²) in [7, 11) is 0. The summed E-state index contributed by atoms with van der Waals surface area (Å²) in [6, 6.07) is 12.5. The maximum absolute atomic E-state index is 12.3. The van der Waals surface area contributed by atoms with Crippen LogP contribution in [-0.2, 0) is 4.79 Å². The highest BCUT2D eigenvalue weighted by Crippen LogP contribution is 2.25. The second-order valence-electron chi connectivity index (χ2n) is 5.38. The number of hydrogen-bond donors (Lipinski definition) is 1. The number of anilines is 1. The molecule has 0 aromatic heterocycles. The lowest BCUT2D eigenvalue weighted by atomic mass is 10.1. The topological polar surface area (TPSA) is 69.2 Å². The molecule has 2 aromatic carbocycles. The van der Waals surface area contributed by atoms with Gasteiger partial charge in [0.1, 0.15) is 0 Å². The highest BCUT2D eigenvalue weighted by atomic mass is 32.2. The van der Waals surface area contributed by atoms with Crippen molar-refractivity contribution in [3.05, 3.63) is 59.2 Å². The molecular formula is C18H18NO3S-. The molecule has 0 aliphatic carbocycles. The monoisotopic (exact) mass is 328 g/mol. The Morgan fingerprint density at radius 2 is 1.74 bits per heavy atom. The smallest absolute Gasteiger partial charge is 0.237 e. The minimum absolute atomic E-state index is 0.0461. The summed E-state index contributed by atoms with van der Waals surface area (Å²) in [5, 5.41) is 13.4. The Kier molecular flexibility index (Phi) is 5.45. The van der Waals surface area contributed by atoms with Gasteiger partial charge in [0.25, 0.3) is 0 Å². The van der Waals surface area contributed by atoms with Crippen molar-refractivity contribution in [2.24, 2.45) is 0 Å². The standard InChI is InChI=1S/C18H19NO3S/c1-11-4-8-15(9-5-11)23-13(3)17(20)19-16-10-14(18(21)22)7-6-12(16)2/h4-10,13H,1-3H3,(H,19,20)(H,21,22)/p-1/t13-/m1/s1. The van der Waals surface area contributed by atoms with Gasteiger partial charge in [-0.3, -0.25) is 4.79 Å². The Labute approximate surface area is 139 Å². The van der Waals surface area contributed by atoms with Crippen LogP contribution in [0.5, 0.6) is 0 Å². The van der Waals surface area contributed by atoms with E-state index < -0.39 is 5.97 Å². The van der Waals surface area contributed by atoms with E-state index in [4.69, 9.17) is 0 Å². The van der Waals surface area contributed by atoms with Crippen LogP contribution in [0.25, 0.3) is 0 Å². The van der Waals surface area contributed by atoms with Gasteiger partial charge in [0.15, 0.2) is 0 Å². The number of rotatable bonds is 5. The van der Waals surface area contributed by atoms with Crippen LogP contribution in [0.15, 0.2) is 47.4 Å². The highest BCUT2D eigenvalue weighted by molar-refractivity contribution is 8.00. The molecular weight excluding hydrogens is 310 g/mol. The summed E-state index contributed by atoms with van der Waals surface area (Å²) in [4.78, 5) is 24.3. The molecule has 0 fully saturated rings. The molecule has 1 amide bonds. The number of hydrogen-bond acceptors (Lipinski definition) is 4. The van der Waals surface area contributed by atoms with Crippen molar-refractivity contribution < 1.29 is 14.7 Å². The minimum atomic E-state index is -1.26. The fraction of sp³-hybridized carbons (Fsp3) is 0.222. The first-order valence-electron chi connectivity index (χ1n) is 7.23. The number of amides is 1. The van der Waals surface area contributed by atoms with Crippen molar-refractivity contribution in [2.45, 2.75) is 30.9 Å². The predicted molar refractivity (Wildman–Crippen MR) is 90.6 cm³/mol. The van der Waals surface area contributed by atoms with Crippen LogP contribution in [-0.4, -0.2) is 17.1 Å². The van der Waals surface area contributed by atoms with Gasteiger partial charge in [0, 0.05) is 10.6 Å². The van der Waals surface area contributed by atoms with Gasteiger partial charge in [-0.2, -0.15) is 0 Å². The number of benzene rings is 2. The molecule has 1 N–H and O–H groups in total. The number of thioether (sulfide) groups is 1. The van der Waals surface area contributed by atoms with Crippen molar-refractivity contribution in [1.29, 1.82) is 0 Å². The van der Waals surface area contributed by atoms with Gasteiger partial charge < -0.3 is 15.2 Å². The van der Waals surface area contributed by atoms with Crippen molar-refractivity contribution in [1.82, 2.24) is 0 Å². The van der Waals surface area contributed by atoms with Gasteiger partial charge in [0.05, 0.1) is 11.2 Å². The molecule has 0 saturated heterocycles. The minimum Gasteiger partial charge on any atom is -0.545 e. The molecule has 0 aliphatic rings. The third-order valence-electron chi connectivity index (χ3n) is 3.43. The summed E-state index contributed by atoms with van der Waals surface area (Å²) in [5.41, 5.74) is 2.51. The zero-order valence-corrected chi connectivity index (χ0v) is 14.1. The molecule has 0 unspecified atom stereocenters. The molecule has 4 nitrogen and oxygen atoms in total. The number of aromatic carboxylic acids is 1. The van der Waals surface area contributed by atoms with E-state index in [1.807, 2.05) is 45.0 Å². The maximum atomic E-state index is 12.3. The largest absolute Gasteiger partial charge is 0.545 e. The first-order chi connectivity index (χ1) is 10.9. The van der Waals surface area contributed by atoms with Crippen LogP contribution >= 0.6 is 11.8 Å². The van der Waals surface area contributed by atoms with Crippen molar-refractivity contribution in [2.75, 3.05) is 5.32 Å². The van der Waals surface area contributed by atoms with E-state index in [-0.39, 0.29) is 16.7 Å². The van der Waals surface area contributed by atoms with Gasteiger partial charge >= 0.3 is 0 Å². The van der Waals surface area contributed by atoms with Gasteiger partial charge in [-0.05, 0) is 50.1 Å². The second-order valence-corrected chi connectivity index (χ2v) is 6.79. The third kappa shape index (κ3) is 4.60. The average molecular weight is 328 g/mol. The predicted octanol–water partition coefficient (Wildman–Crippen LogP) is 2.79. The number of carbonyl (C=O) groups excluding carboxylic acids is 2. The van der Waals surface area contributed by atoms with Crippen LogP contribution in [0.2, 0.25) is 0 Å². The molecule has 120 valence electrons. The average Bonchev–Trinajstić information content (AvgIpc) is 2.51. The van der Waals surface area contributed by atoms with E-state index in [0.29, 0.717) is 5.69 Å². The van der Waals surface area contributed by atoms with Crippen LogP contribution < -0.4 is 10.4 Å². The fourth-order valence-corrected chi connectivity index (χ4v) is 2.86. The van der Waals surface area contributed by atoms with E-state index in [2.05, 4.69) is 5.32 Å². The Bertz CT molecular complexity index is 726. The SMILES string of the molecule is Cc1ccc(S[C@H](C)C(=O)Nc2cc(C(=O)[O-])ccc2C)cc1. The summed E-state index contributed by atoms with van der Waals surface area (Å²) in [6.07, 6.45) is 0. The van der Waals surface area contributed by atoms with Gasteiger partial charge in [0.2, 0.25) is 5.91 Å². The lowest BCUT2D eigenvalue weighted by Gasteiger charge is -2.15. The Balaban J connectivity index is 2.07. The van der Waals surface area contributed by atoms with Crippen LogP contribution in [0.4, 0.5) is 5.69 Å². The molecule has 0 saturated carbocycles. The lowest BCUT2D eigenvalue weighted by Crippen LogP contribution is -2.25. The normalized spacial score (nSPS) is 11.8. The Morgan fingerprint density at radius 3 is 2.35 bits per heavy atom. The van der Waals surface area contributed by atoms with E-state index in [1.54, 1.807) is 6.07 Å². The quantitative estimate of drug-likeness (QED) is 0.857. The number of carboxylic acid groups (broad SMARTS) is 1. The first kappa shape index (κ1) is 17.1. The molecule has 0 heterocycles. The summed E-state index contributed by atoms with van der Waals surface area (Å²) in [6.45, 7) is 5.64. The zero-order valence-electron chi connectivity index (χ0n) is 13.3. The van der Waals surface area contributed by atoms with Crippen LogP contribution in [0, 0.1) is 13.8 Å². The molecule has 0 bridgehead atoms. The number of carboxylic acids is 1. The van der Waals surface area contributed by atoms with Crippen LogP contribution in [0.1, 0.15) is 28.4 Å². The third-order valence-corrected chi connectivity index (χ3v) is 4.55. The number of nitrogens with one attached hydrogen (secondary N) is 1. The van der Waals surface area contributed by atoms with Gasteiger partial charge in [-0.1, -0.05) is 29.8 Å². The molecule has 2 rings (SSSR count). The molecule has 5 heteroatoms. The Hall–Kier alpha value is -2.27. The number of carbonyl (C=O) groups is 2. The molecule has 1 atom stereocenters. The van der Waals surface area contributed by atoms with Crippen LogP contribution in [0.3, 0.4) is 0 Å². The van der Waals surface area contributed by atoms with Crippen molar-refractivity contribution >= 4 is 29.3 Å². The fourth-order valence-electron chi connectivity index (χ4n) is 1.99. The van der Waals surface area contributed by atoms with Crippen molar-refractivity contribution in [3.8, 4) is 0 Å². The van der Waals surface area contributed by atoms with E-state index in [1.165, 1.54) is 29.5 Å². The summed E-state index contributed by atoms with van der Waals surface area (Å²) in [5.74, 6) is -1.43. The molecule has 23 heavy (non-hydrogen) atoms.